The van der Waals surface area contributed by atoms with Gasteiger partial charge in [-0.1, -0.05) is 25.4 Å². The number of nitrogens with zero attached hydrogens (tertiary/aromatic N) is 2. The van der Waals surface area contributed by atoms with Crippen LogP contribution in [0.3, 0.4) is 0 Å². The van der Waals surface area contributed by atoms with Gasteiger partial charge in [-0.25, -0.2) is 9.59 Å². The molecule has 2 heterocycles. The lowest BCUT2D eigenvalue weighted by atomic mass is 9.96. The first kappa shape index (κ1) is 17.5. The van der Waals surface area contributed by atoms with Crippen molar-refractivity contribution in [2.75, 3.05) is 13.2 Å². The quantitative estimate of drug-likeness (QED) is 0.899. The van der Waals surface area contributed by atoms with Gasteiger partial charge in [0, 0.05) is 34.6 Å². The highest BCUT2D eigenvalue weighted by Crippen LogP contribution is 2.30. The fourth-order valence-corrected chi connectivity index (χ4v) is 3.12. The van der Waals surface area contributed by atoms with Gasteiger partial charge in [-0.2, -0.15) is 0 Å². The van der Waals surface area contributed by atoms with Gasteiger partial charge in [0.15, 0.2) is 0 Å². The summed E-state index contributed by atoms with van der Waals surface area (Å²) in [5.41, 5.74) is 2.01. The molecule has 6 nitrogen and oxygen atoms in total. The predicted octanol–water partition coefficient (Wildman–Crippen LogP) is 3.74. The highest BCUT2D eigenvalue weighted by Gasteiger charge is 2.28. The number of pyridine rings is 1. The Morgan fingerprint density at radius 2 is 2.16 bits per heavy atom. The number of fused-ring (bicyclic) bond motifs is 2. The fraction of sp³-hybridized carbons (Fsp3) is 0.389. The zero-order valence-electron chi connectivity index (χ0n) is 14.1. The van der Waals surface area contributed by atoms with Crippen molar-refractivity contribution >= 4 is 34.6 Å². The van der Waals surface area contributed by atoms with E-state index in [1.165, 1.54) is 4.90 Å². The van der Waals surface area contributed by atoms with Crippen LogP contribution in [0, 0.1) is 5.92 Å². The van der Waals surface area contributed by atoms with Crippen molar-refractivity contribution in [1.82, 2.24) is 9.88 Å². The molecule has 1 aromatic carbocycles. The van der Waals surface area contributed by atoms with Crippen LogP contribution in [0.5, 0.6) is 0 Å². The molecule has 1 N–H and O–H groups in total. The van der Waals surface area contributed by atoms with Crippen LogP contribution in [0.2, 0.25) is 5.02 Å². The van der Waals surface area contributed by atoms with Crippen LogP contribution in [-0.2, 0) is 17.7 Å². The maximum Gasteiger partial charge on any atom is 0.410 e. The molecule has 0 fully saturated rings. The van der Waals surface area contributed by atoms with E-state index in [0.29, 0.717) is 46.8 Å². The summed E-state index contributed by atoms with van der Waals surface area (Å²) in [7, 11) is 0. The topological polar surface area (TPSA) is 79.7 Å². The minimum atomic E-state index is -1.05. The van der Waals surface area contributed by atoms with Gasteiger partial charge in [0.1, 0.15) is 0 Å². The molecule has 7 heteroatoms. The van der Waals surface area contributed by atoms with Crippen LogP contribution in [0.4, 0.5) is 4.79 Å². The number of halogens is 1. The molecule has 0 saturated carbocycles. The third-order valence-corrected chi connectivity index (χ3v) is 4.35. The summed E-state index contributed by atoms with van der Waals surface area (Å²) in [6, 6.07) is 5.00. The van der Waals surface area contributed by atoms with E-state index >= 15 is 0 Å². The smallest absolute Gasteiger partial charge is 0.410 e. The number of ether oxygens (including phenoxy) is 1. The van der Waals surface area contributed by atoms with Crippen molar-refractivity contribution in [2.24, 2.45) is 5.92 Å². The normalized spacial score (nSPS) is 13.8. The summed E-state index contributed by atoms with van der Waals surface area (Å²) in [6.07, 6.45) is 0.0622. The van der Waals surface area contributed by atoms with Gasteiger partial charge in [0.2, 0.25) is 0 Å². The molecule has 0 bridgehead atoms. The number of hydrogen-bond acceptors (Lipinski definition) is 4. The molecule has 25 heavy (non-hydrogen) atoms. The second kappa shape index (κ2) is 6.88. The zero-order valence-corrected chi connectivity index (χ0v) is 14.8. The van der Waals surface area contributed by atoms with E-state index in [1.807, 2.05) is 13.8 Å². The second-order valence-corrected chi connectivity index (χ2v) is 6.96. The highest BCUT2D eigenvalue weighted by molar-refractivity contribution is 6.31. The van der Waals surface area contributed by atoms with Crippen LogP contribution in [-0.4, -0.2) is 40.2 Å². The zero-order chi connectivity index (χ0) is 18.1. The first-order chi connectivity index (χ1) is 11.9. The van der Waals surface area contributed by atoms with E-state index < -0.39 is 12.1 Å². The molecule has 1 aliphatic rings. The molecule has 1 amide bonds. The van der Waals surface area contributed by atoms with E-state index in [2.05, 4.69) is 4.98 Å². The third-order valence-electron chi connectivity index (χ3n) is 4.11. The second-order valence-electron chi connectivity index (χ2n) is 6.52. The summed E-state index contributed by atoms with van der Waals surface area (Å²) >= 11 is 6.02. The summed E-state index contributed by atoms with van der Waals surface area (Å²) < 4.78 is 5.26. The highest BCUT2D eigenvalue weighted by atomic mass is 35.5. The molecule has 0 spiro atoms. The van der Waals surface area contributed by atoms with Gasteiger partial charge in [0.05, 0.1) is 24.2 Å². The van der Waals surface area contributed by atoms with Crippen LogP contribution < -0.4 is 0 Å². The van der Waals surface area contributed by atoms with Crippen molar-refractivity contribution in [1.29, 1.82) is 0 Å². The maximum atomic E-state index is 12.2. The van der Waals surface area contributed by atoms with Gasteiger partial charge in [0.25, 0.3) is 0 Å². The van der Waals surface area contributed by atoms with E-state index in [0.717, 1.165) is 0 Å². The number of carboxylic acids is 1. The van der Waals surface area contributed by atoms with E-state index in [1.54, 1.807) is 18.2 Å². The van der Waals surface area contributed by atoms with E-state index in [9.17, 15) is 14.7 Å². The molecule has 0 radical (unpaired) electrons. The van der Waals surface area contributed by atoms with E-state index in [4.69, 9.17) is 16.3 Å². The van der Waals surface area contributed by atoms with Crippen LogP contribution >= 0.6 is 11.6 Å². The Bertz CT molecular complexity index is 851. The first-order valence-electron chi connectivity index (χ1n) is 8.13. The van der Waals surface area contributed by atoms with Crippen LogP contribution in [0.15, 0.2) is 18.2 Å². The number of aromatic carboxylic acids is 1. The molecule has 0 aliphatic carbocycles. The minimum absolute atomic E-state index is 0.156. The third kappa shape index (κ3) is 3.54. The molecule has 3 rings (SSSR count). The van der Waals surface area contributed by atoms with Gasteiger partial charge < -0.3 is 14.7 Å². The van der Waals surface area contributed by atoms with Gasteiger partial charge in [-0.05, 0) is 24.1 Å². The Hall–Kier alpha value is -2.34. The maximum absolute atomic E-state index is 12.2. The van der Waals surface area contributed by atoms with Crippen molar-refractivity contribution < 1.29 is 19.4 Å². The standard InChI is InChI=1S/C18H19ClN2O4/c1-10(2)9-25-18(24)21-6-5-15-13(8-21)16(17(22)23)12-7-11(19)3-4-14(12)20-15/h3-4,7,10H,5-6,8-9H2,1-2H3,(H,22,23). The molecule has 2 aromatic rings. The number of amides is 1. The first-order valence-corrected chi connectivity index (χ1v) is 8.50. The Labute approximate surface area is 150 Å². The summed E-state index contributed by atoms with van der Waals surface area (Å²) in [5.74, 6) is -0.813. The molecule has 132 valence electrons. The number of hydrogen-bond donors (Lipinski definition) is 1. The van der Waals surface area contributed by atoms with Gasteiger partial charge >= 0.3 is 12.1 Å². The Morgan fingerprint density at radius 1 is 1.40 bits per heavy atom. The molecular weight excluding hydrogens is 344 g/mol. The predicted molar refractivity (Wildman–Crippen MR) is 94.0 cm³/mol. The van der Waals surface area contributed by atoms with Gasteiger partial charge in [-0.15, -0.1) is 0 Å². The van der Waals surface area contributed by atoms with Crippen LogP contribution in [0.1, 0.15) is 35.5 Å². The number of carboxylic acid groups (broad SMARTS) is 1. The lowest BCUT2D eigenvalue weighted by Crippen LogP contribution is -2.38. The fourth-order valence-electron chi connectivity index (χ4n) is 2.94. The number of rotatable bonds is 3. The van der Waals surface area contributed by atoms with Gasteiger partial charge in [-0.3, -0.25) is 4.98 Å². The summed E-state index contributed by atoms with van der Waals surface area (Å²) in [6.45, 7) is 4.88. The molecule has 0 saturated heterocycles. The SMILES string of the molecule is CC(C)COC(=O)N1CCc2nc3ccc(Cl)cc3c(C(=O)O)c2C1. The van der Waals surface area contributed by atoms with Crippen LogP contribution in [0.25, 0.3) is 10.9 Å². The van der Waals surface area contributed by atoms with E-state index in [-0.39, 0.29) is 18.0 Å². The average Bonchev–Trinajstić information content (AvgIpc) is 2.56. The van der Waals surface area contributed by atoms with Crippen molar-refractivity contribution in [3.8, 4) is 0 Å². The summed E-state index contributed by atoms with van der Waals surface area (Å²) in [4.78, 5) is 30.2. The summed E-state index contributed by atoms with van der Waals surface area (Å²) in [5, 5.41) is 10.7. The Morgan fingerprint density at radius 3 is 2.84 bits per heavy atom. The molecule has 0 atom stereocenters. The number of carbonyl (C=O) groups excluding carboxylic acids is 1. The van der Waals surface area contributed by atoms with Crippen molar-refractivity contribution in [3.05, 3.63) is 40.0 Å². The lowest BCUT2D eigenvalue weighted by Gasteiger charge is -2.29. The average molecular weight is 363 g/mol. The molecule has 0 unspecified atom stereocenters. The monoisotopic (exact) mass is 362 g/mol. The Kier molecular flexibility index (Phi) is 4.81. The molecule has 1 aromatic heterocycles. The Balaban J connectivity index is 2.00. The largest absolute Gasteiger partial charge is 0.478 e. The number of carbonyl (C=O) groups is 2. The van der Waals surface area contributed by atoms with Crippen molar-refractivity contribution in [2.45, 2.75) is 26.8 Å². The van der Waals surface area contributed by atoms with Crippen molar-refractivity contribution in [3.63, 3.8) is 0 Å². The molecule has 1 aliphatic heterocycles. The molecular formula is C18H19ClN2O4. The number of benzene rings is 1. The number of aromatic nitrogens is 1. The minimum Gasteiger partial charge on any atom is -0.478 e. The lowest BCUT2D eigenvalue weighted by molar-refractivity contribution is 0.0689.